The lowest BCUT2D eigenvalue weighted by Gasteiger charge is -2.08. The molecule has 0 radical (unpaired) electrons. The molecule has 1 heterocycles. The second-order valence-corrected chi connectivity index (χ2v) is 8.61. The van der Waals surface area contributed by atoms with E-state index in [0.717, 1.165) is 6.54 Å². The monoisotopic (exact) mass is 406 g/mol. The van der Waals surface area contributed by atoms with Gasteiger partial charge in [-0.2, -0.15) is 4.98 Å². The van der Waals surface area contributed by atoms with Gasteiger partial charge >= 0.3 is 0 Å². The van der Waals surface area contributed by atoms with E-state index < -0.39 is 9.84 Å². The van der Waals surface area contributed by atoms with Crippen LogP contribution in [0.15, 0.2) is 68.9 Å². The Labute approximate surface area is 163 Å². The summed E-state index contributed by atoms with van der Waals surface area (Å²) >= 11 is 6.22. The van der Waals surface area contributed by atoms with Crippen molar-refractivity contribution in [2.24, 2.45) is 0 Å². The number of hydrogen-bond acceptors (Lipinski definition) is 5. The molecule has 27 heavy (non-hydrogen) atoms. The third-order valence-corrected chi connectivity index (χ3v) is 5.93. The van der Waals surface area contributed by atoms with Gasteiger partial charge in [0, 0.05) is 0 Å². The zero-order valence-electron chi connectivity index (χ0n) is 15.1. The summed E-state index contributed by atoms with van der Waals surface area (Å²) in [5.74, 6) is 0.282. The maximum Gasteiger partial charge on any atom is 0.234 e. The lowest BCUT2D eigenvalue weighted by Crippen LogP contribution is -3.06. The van der Waals surface area contributed by atoms with E-state index in [1.54, 1.807) is 42.5 Å². The summed E-state index contributed by atoms with van der Waals surface area (Å²) in [5, 5.41) is 3.35. The Bertz CT molecular complexity index is 1020. The molecule has 6 nitrogen and oxygen atoms in total. The molecule has 8 heteroatoms. The Balaban J connectivity index is 2.07. The van der Waals surface area contributed by atoms with Crippen LogP contribution in [0, 0.1) is 0 Å². The fourth-order valence-electron chi connectivity index (χ4n) is 2.49. The van der Waals surface area contributed by atoms with Crippen molar-refractivity contribution in [3.63, 3.8) is 0 Å². The summed E-state index contributed by atoms with van der Waals surface area (Å²) in [6, 6.07) is 15.2. The average Bonchev–Trinajstić information content (AvgIpc) is 3.07. The molecular weight excluding hydrogens is 386 g/mol. The molecule has 0 aliphatic rings. The summed E-state index contributed by atoms with van der Waals surface area (Å²) in [5.41, 5.74) is 0.537. The summed E-state index contributed by atoms with van der Waals surface area (Å²) in [7, 11) is 0.188. The number of hydrogen-bond donors (Lipinski definition) is 2. The SMILES string of the molecule is C[NH+](C)CCNc1oc(-c2ccccc2Cl)nc1S(=O)(=O)c1ccccc1. The number of aromatic nitrogens is 1. The van der Waals surface area contributed by atoms with E-state index in [-0.39, 0.29) is 21.7 Å². The van der Waals surface area contributed by atoms with Crippen LogP contribution in [0.2, 0.25) is 5.02 Å². The minimum Gasteiger partial charge on any atom is -0.419 e. The Morgan fingerprint density at radius 3 is 2.41 bits per heavy atom. The first kappa shape index (κ1) is 19.4. The number of quaternary nitrogens is 1. The molecule has 0 amide bonds. The Kier molecular flexibility index (Phi) is 5.84. The second kappa shape index (κ2) is 8.12. The van der Waals surface area contributed by atoms with Gasteiger partial charge in [-0.05, 0) is 24.3 Å². The first-order valence-electron chi connectivity index (χ1n) is 8.48. The van der Waals surface area contributed by atoms with Crippen LogP contribution in [0.4, 0.5) is 5.88 Å². The first-order chi connectivity index (χ1) is 12.9. The fraction of sp³-hybridized carbons (Fsp3) is 0.211. The highest BCUT2D eigenvalue weighted by molar-refractivity contribution is 7.91. The molecular formula is C19H21ClN3O3S+. The number of likely N-dealkylation sites (N-methyl/N-ethyl adjacent to an activating group) is 1. The van der Waals surface area contributed by atoms with Crippen molar-refractivity contribution < 1.29 is 17.7 Å². The largest absolute Gasteiger partial charge is 0.419 e. The van der Waals surface area contributed by atoms with Crippen molar-refractivity contribution >= 4 is 27.3 Å². The number of benzene rings is 2. The van der Waals surface area contributed by atoms with Crippen molar-refractivity contribution in [2.75, 3.05) is 32.5 Å². The zero-order chi connectivity index (χ0) is 19.4. The molecule has 0 saturated carbocycles. The van der Waals surface area contributed by atoms with E-state index in [2.05, 4.69) is 10.3 Å². The Morgan fingerprint density at radius 1 is 1.07 bits per heavy atom. The standard InChI is InChI=1S/C19H20ClN3O3S/c1-23(2)13-12-21-18-19(27(24,25)14-8-4-3-5-9-14)22-17(26-18)15-10-6-7-11-16(15)20/h3-11,21H,12-13H2,1-2H3/p+1. The lowest BCUT2D eigenvalue weighted by molar-refractivity contribution is -0.856. The van der Waals surface area contributed by atoms with E-state index in [0.29, 0.717) is 17.1 Å². The number of rotatable bonds is 7. The van der Waals surface area contributed by atoms with Gasteiger partial charge in [-0.1, -0.05) is 41.9 Å². The third kappa shape index (κ3) is 4.32. The van der Waals surface area contributed by atoms with Crippen LogP contribution in [0.5, 0.6) is 0 Å². The summed E-state index contributed by atoms with van der Waals surface area (Å²) in [4.78, 5) is 5.66. The molecule has 3 rings (SSSR count). The maximum atomic E-state index is 13.1. The van der Waals surface area contributed by atoms with E-state index in [1.165, 1.54) is 17.0 Å². The van der Waals surface area contributed by atoms with Crippen LogP contribution < -0.4 is 10.2 Å². The molecule has 0 bridgehead atoms. The van der Waals surface area contributed by atoms with Crippen LogP contribution in [0.1, 0.15) is 0 Å². The molecule has 1 aromatic heterocycles. The number of sulfone groups is 1. The van der Waals surface area contributed by atoms with Crippen LogP contribution in [-0.4, -0.2) is 40.6 Å². The van der Waals surface area contributed by atoms with Crippen molar-refractivity contribution in [3.05, 3.63) is 59.6 Å². The molecule has 0 saturated heterocycles. The van der Waals surface area contributed by atoms with E-state index in [4.69, 9.17) is 16.0 Å². The predicted octanol–water partition coefficient (Wildman–Crippen LogP) is 2.38. The Hall–Kier alpha value is -2.35. The Morgan fingerprint density at radius 2 is 1.74 bits per heavy atom. The molecule has 0 fully saturated rings. The highest BCUT2D eigenvalue weighted by atomic mass is 35.5. The summed E-state index contributed by atoms with van der Waals surface area (Å²) in [6.07, 6.45) is 0. The van der Waals surface area contributed by atoms with Crippen molar-refractivity contribution in [2.45, 2.75) is 9.92 Å². The maximum absolute atomic E-state index is 13.1. The van der Waals surface area contributed by atoms with Crippen LogP contribution in [0.25, 0.3) is 11.5 Å². The van der Waals surface area contributed by atoms with Gasteiger partial charge in [0.1, 0.15) is 0 Å². The van der Waals surface area contributed by atoms with Crippen molar-refractivity contribution in [3.8, 4) is 11.5 Å². The molecule has 0 aliphatic carbocycles. The fourth-order valence-corrected chi connectivity index (χ4v) is 4.00. The van der Waals surface area contributed by atoms with Gasteiger partial charge in [-0.15, -0.1) is 0 Å². The van der Waals surface area contributed by atoms with Crippen molar-refractivity contribution in [1.82, 2.24) is 4.98 Å². The van der Waals surface area contributed by atoms with Gasteiger partial charge in [-0.3, -0.25) is 0 Å². The van der Waals surface area contributed by atoms with Gasteiger partial charge in [0.15, 0.2) is 0 Å². The molecule has 0 unspecified atom stereocenters. The normalized spacial score (nSPS) is 11.7. The molecule has 0 spiro atoms. The minimum absolute atomic E-state index is 0.120. The van der Waals surface area contributed by atoms with Gasteiger partial charge in [-0.25, -0.2) is 8.42 Å². The molecule has 142 valence electrons. The third-order valence-electron chi connectivity index (χ3n) is 3.92. The molecule has 2 N–H and O–H groups in total. The van der Waals surface area contributed by atoms with Gasteiger partial charge < -0.3 is 14.6 Å². The molecule has 0 aliphatic heterocycles. The number of nitrogens with one attached hydrogen (secondary N) is 2. The van der Waals surface area contributed by atoms with Gasteiger partial charge in [0.25, 0.3) is 0 Å². The molecule has 2 aromatic carbocycles. The van der Waals surface area contributed by atoms with E-state index in [1.807, 2.05) is 14.1 Å². The van der Waals surface area contributed by atoms with Crippen LogP contribution in [0.3, 0.4) is 0 Å². The number of anilines is 1. The highest BCUT2D eigenvalue weighted by Gasteiger charge is 2.28. The average molecular weight is 407 g/mol. The van der Waals surface area contributed by atoms with E-state index >= 15 is 0 Å². The van der Waals surface area contributed by atoms with Crippen molar-refractivity contribution in [1.29, 1.82) is 0 Å². The highest BCUT2D eigenvalue weighted by Crippen LogP contribution is 2.34. The zero-order valence-corrected chi connectivity index (χ0v) is 16.6. The van der Waals surface area contributed by atoms with E-state index in [9.17, 15) is 8.42 Å². The van der Waals surface area contributed by atoms with Crippen LogP contribution >= 0.6 is 11.6 Å². The van der Waals surface area contributed by atoms with Gasteiger partial charge in [0.2, 0.25) is 26.6 Å². The second-order valence-electron chi connectivity index (χ2n) is 6.33. The first-order valence-corrected chi connectivity index (χ1v) is 10.3. The van der Waals surface area contributed by atoms with Gasteiger partial charge in [0.05, 0.1) is 42.7 Å². The summed E-state index contributed by atoms with van der Waals surface area (Å²) < 4.78 is 31.9. The topological polar surface area (TPSA) is 76.6 Å². The smallest absolute Gasteiger partial charge is 0.234 e. The quantitative estimate of drug-likeness (QED) is 0.630. The number of nitrogens with zero attached hydrogens (tertiary/aromatic N) is 1. The number of oxazole rings is 1. The van der Waals surface area contributed by atoms with Crippen LogP contribution in [-0.2, 0) is 9.84 Å². The number of halogens is 1. The molecule has 0 atom stereocenters. The lowest BCUT2D eigenvalue weighted by atomic mass is 10.2. The summed E-state index contributed by atoms with van der Waals surface area (Å²) in [6.45, 7) is 1.32. The predicted molar refractivity (Wildman–Crippen MR) is 105 cm³/mol. The minimum atomic E-state index is -3.84. The molecule has 3 aromatic rings.